The SMILES string of the molecule is CCC(O)(C=CC=C[C@@H](C)C1CCC2C(=CC=C3C[C@@H](O)C4(CO4)[C@H](O)C3)CCCC21C)CC. The molecule has 0 aromatic carbocycles. The van der Waals surface area contributed by atoms with E-state index in [1.807, 2.05) is 26.0 Å². The summed E-state index contributed by atoms with van der Waals surface area (Å²) in [7, 11) is 0. The topological polar surface area (TPSA) is 73.2 Å². The van der Waals surface area contributed by atoms with Crippen LogP contribution in [0.25, 0.3) is 0 Å². The summed E-state index contributed by atoms with van der Waals surface area (Å²) < 4.78 is 5.41. The molecule has 190 valence electrons. The maximum Gasteiger partial charge on any atom is 0.144 e. The fourth-order valence-electron chi connectivity index (χ4n) is 7.21. The van der Waals surface area contributed by atoms with Crippen molar-refractivity contribution in [2.45, 2.75) is 109 Å². The molecule has 3 unspecified atom stereocenters. The fourth-order valence-corrected chi connectivity index (χ4v) is 7.21. The van der Waals surface area contributed by atoms with Gasteiger partial charge in [-0.05, 0) is 81.0 Å². The van der Waals surface area contributed by atoms with Crippen molar-refractivity contribution in [3.8, 4) is 0 Å². The van der Waals surface area contributed by atoms with E-state index in [4.69, 9.17) is 4.74 Å². The first-order chi connectivity index (χ1) is 16.2. The molecule has 3 saturated carbocycles. The molecule has 34 heavy (non-hydrogen) atoms. The molecule has 0 bridgehead atoms. The molecule has 0 amide bonds. The number of epoxide rings is 1. The number of aliphatic hydroxyl groups is 3. The van der Waals surface area contributed by atoms with Gasteiger partial charge in [-0.1, -0.05) is 75.3 Å². The molecule has 0 aromatic heterocycles. The first kappa shape index (κ1) is 25.9. The second kappa shape index (κ2) is 10.0. The van der Waals surface area contributed by atoms with Crippen molar-refractivity contribution in [3.63, 3.8) is 0 Å². The van der Waals surface area contributed by atoms with Crippen molar-refractivity contribution in [1.29, 1.82) is 0 Å². The Hall–Kier alpha value is -1.20. The third-order valence-corrected chi connectivity index (χ3v) is 9.88. The van der Waals surface area contributed by atoms with Crippen molar-refractivity contribution in [1.82, 2.24) is 0 Å². The molecule has 1 aliphatic heterocycles. The highest BCUT2D eigenvalue weighted by molar-refractivity contribution is 5.29. The maximum absolute atomic E-state index is 10.5. The van der Waals surface area contributed by atoms with Gasteiger partial charge in [0.15, 0.2) is 0 Å². The molecular weight excluding hydrogens is 424 g/mol. The van der Waals surface area contributed by atoms with Crippen LogP contribution in [0.15, 0.2) is 47.6 Å². The minimum atomic E-state index is -0.688. The van der Waals surface area contributed by atoms with E-state index in [0.717, 1.165) is 24.8 Å². The van der Waals surface area contributed by atoms with Crippen LogP contribution in [0.3, 0.4) is 0 Å². The average molecular weight is 471 g/mol. The standard InChI is InChI=1S/C30H46O4/c1-5-29(33,6-2)17-8-7-10-21(3)24-14-15-25-23(11-9-16-28(24,25)4)13-12-22-18-26(31)30(20-34-30)27(32)19-22/h7-8,10,12-13,17,21,24-27,31-33H,5-6,9,11,14-16,18-20H2,1-4H3/t21-,24?,25?,26-,27-,28?,30?/m1/s1. The van der Waals surface area contributed by atoms with E-state index in [2.05, 4.69) is 38.2 Å². The Balaban J connectivity index is 1.42. The van der Waals surface area contributed by atoms with Gasteiger partial charge in [-0.25, -0.2) is 0 Å². The number of aliphatic hydroxyl groups excluding tert-OH is 2. The van der Waals surface area contributed by atoms with Crippen molar-refractivity contribution < 1.29 is 20.1 Å². The normalized spacial score (nSPS) is 40.4. The molecule has 0 aromatic rings. The average Bonchev–Trinajstić information content (AvgIpc) is 3.55. The van der Waals surface area contributed by atoms with E-state index in [1.165, 1.54) is 25.7 Å². The molecule has 6 atom stereocenters. The van der Waals surface area contributed by atoms with Gasteiger partial charge in [-0.3, -0.25) is 0 Å². The van der Waals surface area contributed by atoms with Crippen LogP contribution >= 0.6 is 0 Å². The molecular formula is C30H46O4. The summed E-state index contributed by atoms with van der Waals surface area (Å²) in [4.78, 5) is 0. The lowest BCUT2D eigenvalue weighted by atomic mass is 9.61. The first-order valence-corrected chi connectivity index (χ1v) is 13.6. The van der Waals surface area contributed by atoms with Gasteiger partial charge in [0.2, 0.25) is 0 Å². The van der Waals surface area contributed by atoms with E-state index in [0.29, 0.717) is 42.6 Å². The highest BCUT2D eigenvalue weighted by atomic mass is 16.6. The van der Waals surface area contributed by atoms with Crippen molar-refractivity contribution >= 4 is 0 Å². The minimum Gasteiger partial charge on any atom is -0.390 e. The van der Waals surface area contributed by atoms with Crippen LogP contribution < -0.4 is 0 Å². The Morgan fingerprint density at radius 2 is 1.76 bits per heavy atom. The summed E-state index contributed by atoms with van der Waals surface area (Å²) in [6, 6.07) is 0. The van der Waals surface area contributed by atoms with Crippen LogP contribution in [-0.2, 0) is 4.74 Å². The van der Waals surface area contributed by atoms with Crippen LogP contribution in [0, 0.1) is 23.2 Å². The van der Waals surface area contributed by atoms with Crippen LogP contribution in [0.2, 0.25) is 0 Å². The van der Waals surface area contributed by atoms with E-state index >= 15 is 0 Å². The van der Waals surface area contributed by atoms with Gasteiger partial charge in [0.1, 0.15) is 5.60 Å². The Morgan fingerprint density at radius 3 is 2.38 bits per heavy atom. The smallest absolute Gasteiger partial charge is 0.144 e. The summed E-state index contributed by atoms with van der Waals surface area (Å²) in [5.74, 6) is 1.79. The number of hydrogen-bond acceptors (Lipinski definition) is 4. The van der Waals surface area contributed by atoms with Gasteiger partial charge >= 0.3 is 0 Å². The first-order valence-electron chi connectivity index (χ1n) is 13.6. The van der Waals surface area contributed by atoms with Gasteiger partial charge in [-0.2, -0.15) is 0 Å². The highest BCUT2D eigenvalue weighted by Crippen LogP contribution is 2.59. The summed E-state index contributed by atoms with van der Waals surface area (Å²) in [5, 5.41) is 31.4. The number of ether oxygens (including phenoxy) is 1. The Bertz CT molecular complexity index is 828. The summed E-state index contributed by atoms with van der Waals surface area (Å²) in [6.45, 7) is 9.40. The monoisotopic (exact) mass is 470 g/mol. The molecule has 3 N–H and O–H groups in total. The van der Waals surface area contributed by atoms with Gasteiger partial charge in [-0.15, -0.1) is 0 Å². The molecule has 4 rings (SSSR count). The molecule has 1 spiro atoms. The van der Waals surface area contributed by atoms with Crippen LogP contribution in [0.5, 0.6) is 0 Å². The van der Waals surface area contributed by atoms with E-state index < -0.39 is 23.4 Å². The fraction of sp³-hybridized carbons (Fsp3) is 0.733. The molecule has 0 radical (unpaired) electrons. The second-order valence-electron chi connectivity index (χ2n) is 11.8. The van der Waals surface area contributed by atoms with Crippen LogP contribution in [0.1, 0.15) is 85.5 Å². The summed E-state index contributed by atoms with van der Waals surface area (Å²) >= 11 is 0. The molecule has 3 aliphatic carbocycles. The quantitative estimate of drug-likeness (QED) is 0.333. The minimum absolute atomic E-state index is 0.321. The Morgan fingerprint density at radius 1 is 1.09 bits per heavy atom. The zero-order chi connectivity index (χ0) is 24.6. The van der Waals surface area contributed by atoms with Crippen molar-refractivity contribution in [2.75, 3.05) is 6.61 Å². The largest absolute Gasteiger partial charge is 0.390 e. The third kappa shape index (κ3) is 4.89. The summed E-state index contributed by atoms with van der Waals surface area (Å²) in [6.07, 6.45) is 20.6. The van der Waals surface area contributed by atoms with Gasteiger partial charge in [0.25, 0.3) is 0 Å². The molecule has 1 saturated heterocycles. The number of rotatable bonds is 7. The van der Waals surface area contributed by atoms with Crippen molar-refractivity contribution in [2.24, 2.45) is 23.2 Å². The second-order valence-corrected chi connectivity index (χ2v) is 11.8. The lowest BCUT2D eigenvalue weighted by Gasteiger charge is -2.44. The van der Waals surface area contributed by atoms with Crippen LogP contribution in [-0.4, -0.2) is 45.3 Å². The molecule has 4 heteroatoms. The van der Waals surface area contributed by atoms with E-state index in [1.54, 1.807) is 5.57 Å². The molecule has 4 fully saturated rings. The lowest BCUT2D eigenvalue weighted by Crippen LogP contribution is -2.45. The number of hydrogen-bond donors (Lipinski definition) is 3. The predicted molar refractivity (Wildman–Crippen MR) is 137 cm³/mol. The highest BCUT2D eigenvalue weighted by Gasteiger charge is 2.59. The van der Waals surface area contributed by atoms with E-state index in [9.17, 15) is 15.3 Å². The molecule has 1 heterocycles. The predicted octanol–water partition coefficient (Wildman–Crippen LogP) is 5.64. The maximum atomic E-state index is 10.5. The molecule has 4 nitrogen and oxygen atoms in total. The van der Waals surface area contributed by atoms with E-state index in [-0.39, 0.29) is 0 Å². The summed E-state index contributed by atoms with van der Waals surface area (Å²) in [5.41, 5.74) is 1.64. The van der Waals surface area contributed by atoms with Crippen molar-refractivity contribution in [3.05, 3.63) is 47.6 Å². The third-order valence-electron chi connectivity index (χ3n) is 9.88. The zero-order valence-corrected chi connectivity index (χ0v) is 21.7. The number of fused-ring (bicyclic) bond motifs is 1. The van der Waals surface area contributed by atoms with Gasteiger partial charge in [0, 0.05) is 0 Å². The number of allylic oxidation sites excluding steroid dienone is 6. The van der Waals surface area contributed by atoms with Crippen LogP contribution in [0.4, 0.5) is 0 Å². The van der Waals surface area contributed by atoms with Gasteiger partial charge < -0.3 is 20.1 Å². The Labute approximate surface area is 206 Å². The molecule has 4 aliphatic rings. The van der Waals surface area contributed by atoms with Gasteiger partial charge in [0.05, 0.1) is 24.4 Å². The Kier molecular flexibility index (Phi) is 7.65. The zero-order valence-electron chi connectivity index (χ0n) is 21.7. The lowest BCUT2D eigenvalue weighted by molar-refractivity contribution is -0.0292.